The molecule has 0 aliphatic heterocycles. The number of nitriles is 1. The van der Waals surface area contributed by atoms with Crippen LogP contribution in [0.3, 0.4) is 0 Å². The average Bonchev–Trinajstić information content (AvgIpc) is 3.50. The molecule has 0 bridgehead atoms. The van der Waals surface area contributed by atoms with E-state index in [0.29, 0.717) is 28.2 Å². The summed E-state index contributed by atoms with van der Waals surface area (Å²) in [5, 5.41) is 25.2. The van der Waals surface area contributed by atoms with Gasteiger partial charge in [-0.25, -0.2) is 0 Å². The van der Waals surface area contributed by atoms with Crippen LogP contribution in [-0.4, -0.2) is 26.4 Å². The number of aromatic nitrogens is 3. The zero-order valence-electron chi connectivity index (χ0n) is 21.6. The number of nitrogens with zero attached hydrogens (tertiary/aromatic N) is 4. The van der Waals surface area contributed by atoms with Crippen LogP contribution in [0.2, 0.25) is 0 Å². The van der Waals surface area contributed by atoms with Gasteiger partial charge in [0.2, 0.25) is 5.91 Å². The lowest BCUT2D eigenvalue weighted by molar-refractivity contribution is -0.113. The fourth-order valence-corrected chi connectivity index (χ4v) is 7.80. The fraction of sp³-hybridized carbons (Fsp3) is 0.481. The number of thioether (sulfide) groups is 1. The second-order valence-corrected chi connectivity index (χ2v) is 13.3. The summed E-state index contributed by atoms with van der Waals surface area (Å²) in [5.74, 6) is 1.44. The van der Waals surface area contributed by atoms with Crippen LogP contribution < -0.4 is 5.32 Å². The zero-order valence-corrected chi connectivity index (χ0v) is 24.1. The van der Waals surface area contributed by atoms with Crippen molar-refractivity contribution in [2.24, 2.45) is 11.3 Å². The molecule has 0 saturated carbocycles. The number of fused-ring (bicyclic) bond motifs is 1. The van der Waals surface area contributed by atoms with Crippen molar-refractivity contribution in [1.29, 1.82) is 5.26 Å². The lowest BCUT2D eigenvalue weighted by Gasteiger charge is -2.33. The Hall–Kier alpha value is -2.41. The number of rotatable bonds is 8. The lowest BCUT2D eigenvalue weighted by atomic mass is 9.72. The first-order valence-electron chi connectivity index (χ1n) is 12.3. The number of nitrogens with one attached hydrogen (secondary N) is 1. The number of amides is 1. The molecule has 0 saturated heterocycles. The van der Waals surface area contributed by atoms with Crippen LogP contribution >= 0.6 is 34.4 Å². The number of carbonyl (C=O) groups excluding carboxylic acids is 1. The fourth-order valence-electron chi connectivity index (χ4n) is 4.82. The van der Waals surface area contributed by atoms with Crippen LogP contribution in [0.5, 0.6) is 0 Å². The van der Waals surface area contributed by atoms with Crippen LogP contribution in [0, 0.1) is 29.6 Å². The summed E-state index contributed by atoms with van der Waals surface area (Å²) >= 11 is 4.64. The molecule has 36 heavy (non-hydrogen) atoms. The maximum absolute atomic E-state index is 12.9. The minimum absolute atomic E-state index is 0.141. The van der Waals surface area contributed by atoms with Gasteiger partial charge in [-0.2, -0.15) is 5.26 Å². The molecule has 6 nitrogen and oxygen atoms in total. The lowest BCUT2D eigenvalue weighted by Crippen LogP contribution is -2.26. The van der Waals surface area contributed by atoms with Gasteiger partial charge in [0, 0.05) is 27.2 Å². The van der Waals surface area contributed by atoms with E-state index >= 15 is 0 Å². The summed E-state index contributed by atoms with van der Waals surface area (Å²) in [6.45, 7) is 15.6. The molecule has 0 spiro atoms. The van der Waals surface area contributed by atoms with Gasteiger partial charge in [0.05, 0.1) is 11.3 Å². The van der Waals surface area contributed by atoms with Gasteiger partial charge in [-0.3, -0.25) is 9.36 Å². The number of hydrogen-bond acceptors (Lipinski definition) is 7. The predicted molar refractivity (Wildman–Crippen MR) is 151 cm³/mol. The third-order valence-corrected chi connectivity index (χ3v) is 10.0. The molecule has 1 N–H and O–H groups in total. The Morgan fingerprint density at radius 2 is 2.19 bits per heavy atom. The summed E-state index contributed by atoms with van der Waals surface area (Å²) in [5.41, 5.74) is 4.37. The van der Waals surface area contributed by atoms with E-state index in [-0.39, 0.29) is 17.1 Å². The maximum Gasteiger partial charge on any atom is 0.235 e. The van der Waals surface area contributed by atoms with Gasteiger partial charge >= 0.3 is 0 Å². The molecular formula is C27H33N5OS3. The summed E-state index contributed by atoms with van der Waals surface area (Å²) in [4.78, 5) is 15.5. The van der Waals surface area contributed by atoms with Gasteiger partial charge in [0.1, 0.15) is 11.1 Å². The molecule has 1 aliphatic carbocycles. The van der Waals surface area contributed by atoms with E-state index in [2.05, 4.69) is 68.2 Å². The van der Waals surface area contributed by atoms with Gasteiger partial charge < -0.3 is 5.32 Å². The number of anilines is 1. The van der Waals surface area contributed by atoms with E-state index in [4.69, 9.17) is 0 Å². The van der Waals surface area contributed by atoms with Crippen molar-refractivity contribution in [2.75, 3.05) is 11.1 Å². The van der Waals surface area contributed by atoms with Crippen molar-refractivity contribution in [3.63, 3.8) is 0 Å². The van der Waals surface area contributed by atoms with Gasteiger partial charge in [0.25, 0.3) is 0 Å². The monoisotopic (exact) mass is 539 g/mol. The molecule has 0 fully saturated rings. The molecule has 3 aromatic rings. The molecule has 0 aromatic carbocycles. The highest BCUT2D eigenvalue weighted by Gasteiger charge is 2.32. The molecule has 1 aliphatic rings. The number of carbonyl (C=O) groups is 1. The minimum Gasteiger partial charge on any atom is -0.316 e. The normalized spacial score (nSPS) is 15.4. The Labute approximate surface area is 225 Å². The van der Waals surface area contributed by atoms with Crippen molar-refractivity contribution in [3.8, 4) is 17.5 Å². The van der Waals surface area contributed by atoms with Gasteiger partial charge in [-0.05, 0) is 55.1 Å². The summed E-state index contributed by atoms with van der Waals surface area (Å²) in [6.07, 6.45) is 5.70. The quantitative estimate of drug-likeness (QED) is 0.249. The highest BCUT2D eigenvalue weighted by atomic mass is 32.2. The molecule has 4 rings (SSSR count). The number of aryl methyl sites for hydroxylation is 1. The van der Waals surface area contributed by atoms with E-state index in [1.165, 1.54) is 27.1 Å². The van der Waals surface area contributed by atoms with Crippen molar-refractivity contribution >= 4 is 45.3 Å². The van der Waals surface area contributed by atoms with E-state index in [0.717, 1.165) is 42.6 Å². The van der Waals surface area contributed by atoms with Gasteiger partial charge in [-0.1, -0.05) is 45.5 Å². The minimum atomic E-state index is -0.141. The molecule has 1 amide bonds. The second kappa shape index (κ2) is 10.9. The first-order chi connectivity index (χ1) is 17.2. The Kier molecular flexibility index (Phi) is 8.08. The van der Waals surface area contributed by atoms with E-state index in [1.807, 2.05) is 10.6 Å². The Bertz CT molecular complexity index is 1320. The van der Waals surface area contributed by atoms with Crippen LogP contribution in [0.15, 0.2) is 23.2 Å². The first kappa shape index (κ1) is 26.6. The number of thiophene rings is 2. The molecule has 9 heteroatoms. The standard InChI is InChI=1S/C27H33N5OS3/c1-7-11-32-24(21-14-34-16(3)18(21)8-2)30-31-26(32)35-15-23(33)29-25-20(13-28)19-10-9-17(27(4,5)6)12-22(19)36-25/h7,14,17H,1,8-12,15H2,2-6H3,(H,29,33). The smallest absolute Gasteiger partial charge is 0.235 e. The van der Waals surface area contributed by atoms with Crippen molar-refractivity contribution < 1.29 is 4.79 Å². The molecule has 3 aromatic heterocycles. The number of hydrogen-bond donors (Lipinski definition) is 1. The van der Waals surface area contributed by atoms with Crippen LogP contribution in [0.25, 0.3) is 11.4 Å². The van der Waals surface area contributed by atoms with E-state index < -0.39 is 0 Å². The Morgan fingerprint density at radius 1 is 1.42 bits per heavy atom. The van der Waals surface area contributed by atoms with Gasteiger partial charge in [-0.15, -0.1) is 39.4 Å². The van der Waals surface area contributed by atoms with Crippen molar-refractivity contribution in [3.05, 3.63) is 44.5 Å². The SMILES string of the molecule is C=CCn1c(SCC(=O)Nc2sc3c(c2C#N)CCC(C(C)(C)C)C3)nnc1-c1csc(C)c1CC. The largest absolute Gasteiger partial charge is 0.316 e. The molecule has 1 unspecified atom stereocenters. The second-order valence-electron chi connectivity index (χ2n) is 10.2. The molecule has 0 radical (unpaired) electrons. The summed E-state index contributed by atoms with van der Waals surface area (Å²) in [6, 6.07) is 2.35. The van der Waals surface area contributed by atoms with Crippen molar-refractivity contribution in [2.45, 2.75) is 72.0 Å². The Morgan fingerprint density at radius 3 is 2.86 bits per heavy atom. The summed E-state index contributed by atoms with van der Waals surface area (Å²) < 4.78 is 2.02. The van der Waals surface area contributed by atoms with Crippen LogP contribution in [-0.2, 0) is 30.6 Å². The number of allylic oxidation sites excluding steroid dienone is 1. The zero-order chi connectivity index (χ0) is 26.0. The first-order valence-corrected chi connectivity index (χ1v) is 14.9. The summed E-state index contributed by atoms with van der Waals surface area (Å²) in [7, 11) is 0. The van der Waals surface area contributed by atoms with E-state index in [9.17, 15) is 10.1 Å². The highest BCUT2D eigenvalue weighted by molar-refractivity contribution is 7.99. The predicted octanol–water partition coefficient (Wildman–Crippen LogP) is 6.88. The molecule has 3 heterocycles. The average molecular weight is 540 g/mol. The van der Waals surface area contributed by atoms with Crippen molar-refractivity contribution in [1.82, 2.24) is 14.8 Å². The maximum atomic E-state index is 12.9. The van der Waals surface area contributed by atoms with Crippen LogP contribution in [0.1, 0.15) is 60.6 Å². The van der Waals surface area contributed by atoms with Gasteiger partial charge in [0.15, 0.2) is 11.0 Å². The molecule has 190 valence electrons. The Balaban J connectivity index is 1.49. The highest BCUT2D eigenvalue weighted by Crippen LogP contribution is 2.44. The van der Waals surface area contributed by atoms with Crippen LogP contribution in [0.4, 0.5) is 5.00 Å². The third kappa shape index (κ3) is 5.31. The topological polar surface area (TPSA) is 83.6 Å². The molecule has 1 atom stereocenters. The third-order valence-electron chi connectivity index (χ3n) is 6.91. The van der Waals surface area contributed by atoms with E-state index in [1.54, 1.807) is 22.7 Å². The molecular weight excluding hydrogens is 507 g/mol.